The second-order valence-electron chi connectivity index (χ2n) is 2.50. The third-order valence-electron chi connectivity index (χ3n) is 1.11. The van der Waals surface area contributed by atoms with Crippen molar-refractivity contribution in [1.82, 2.24) is 5.43 Å². The SMILES string of the molecule is CC.CC(C)CCC(=O)NN. The molecule has 0 heterocycles. The van der Waals surface area contributed by atoms with Crippen molar-refractivity contribution in [1.29, 1.82) is 0 Å². The molecule has 0 bridgehead atoms. The molecule has 0 aromatic carbocycles. The largest absolute Gasteiger partial charge is 0.294 e. The number of carbonyl (C=O) groups excluding carboxylic acids is 1. The Kier molecular flexibility index (Phi) is 11.2. The highest BCUT2D eigenvalue weighted by atomic mass is 16.2. The van der Waals surface area contributed by atoms with Crippen LogP contribution in [0.5, 0.6) is 0 Å². The zero-order valence-electron chi connectivity index (χ0n) is 7.98. The molecule has 0 saturated carbocycles. The summed E-state index contributed by atoms with van der Waals surface area (Å²) in [5.41, 5.74) is 2.08. The predicted molar refractivity (Wildman–Crippen MR) is 47.8 cm³/mol. The maximum Gasteiger partial charge on any atom is 0.233 e. The standard InChI is InChI=1S/C6H14N2O.C2H6/c1-5(2)3-4-6(9)8-7;1-2/h5H,3-4,7H2,1-2H3,(H,8,9);1-2H3. The lowest BCUT2D eigenvalue weighted by Crippen LogP contribution is -2.29. The first-order valence-electron chi connectivity index (χ1n) is 4.16. The summed E-state index contributed by atoms with van der Waals surface area (Å²) in [4.78, 5) is 10.5. The summed E-state index contributed by atoms with van der Waals surface area (Å²) >= 11 is 0. The molecule has 0 rings (SSSR count). The molecule has 3 heteroatoms. The van der Waals surface area contributed by atoms with E-state index in [1.807, 2.05) is 13.8 Å². The maximum atomic E-state index is 10.5. The summed E-state index contributed by atoms with van der Waals surface area (Å²) in [6.45, 7) is 8.15. The molecule has 0 fully saturated rings. The normalized spacial score (nSPS) is 8.55. The van der Waals surface area contributed by atoms with Crippen molar-refractivity contribution in [2.75, 3.05) is 0 Å². The number of amides is 1. The fourth-order valence-corrected chi connectivity index (χ4v) is 0.492. The van der Waals surface area contributed by atoms with Gasteiger partial charge in [0.2, 0.25) is 5.91 Å². The highest BCUT2D eigenvalue weighted by Gasteiger charge is 1.99. The maximum absolute atomic E-state index is 10.5. The van der Waals surface area contributed by atoms with Gasteiger partial charge in [-0.1, -0.05) is 27.7 Å². The van der Waals surface area contributed by atoms with Gasteiger partial charge in [-0.05, 0) is 12.3 Å². The van der Waals surface area contributed by atoms with E-state index in [0.29, 0.717) is 12.3 Å². The summed E-state index contributed by atoms with van der Waals surface area (Å²) in [5.74, 6) is 5.35. The Hall–Kier alpha value is -0.570. The smallest absolute Gasteiger partial charge is 0.233 e. The van der Waals surface area contributed by atoms with Crippen LogP contribution >= 0.6 is 0 Å². The van der Waals surface area contributed by atoms with Gasteiger partial charge in [-0.2, -0.15) is 0 Å². The molecule has 68 valence electrons. The van der Waals surface area contributed by atoms with Gasteiger partial charge < -0.3 is 0 Å². The van der Waals surface area contributed by atoms with E-state index in [9.17, 15) is 4.79 Å². The van der Waals surface area contributed by atoms with Crippen molar-refractivity contribution in [2.45, 2.75) is 40.5 Å². The average molecular weight is 160 g/mol. The summed E-state index contributed by atoms with van der Waals surface area (Å²) < 4.78 is 0. The van der Waals surface area contributed by atoms with Crippen molar-refractivity contribution >= 4 is 5.91 Å². The molecule has 0 aromatic heterocycles. The Morgan fingerprint density at radius 2 is 1.91 bits per heavy atom. The number of nitrogens with two attached hydrogens (primary N) is 1. The van der Waals surface area contributed by atoms with Crippen LogP contribution in [-0.4, -0.2) is 5.91 Å². The molecule has 0 aliphatic carbocycles. The molecule has 0 radical (unpaired) electrons. The van der Waals surface area contributed by atoms with Gasteiger partial charge in [0.15, 0.2) is 0 Å². The van der Waals surface area contributed by atoms with E-state index in [0.717, 1.165) is 6.42 Å². The summed E-state index contributed by atoms with van der Waals surface area (Å²) in [5, 5.41) is 0. The van der Waals surface area contributed by atoms with Crippen LogP contribution in [0.15, 0.2) is 0 Å². The first-order valence-corrected chi connectivity index (χ1v) is 4.16. The van der Waals surface area contributed by atoms with Crippen LogP contribution in [0.25, 0.3) is 0 Å². The fraction of sp³-hybridized carbons (Fsp3) is 0.875. The second-order valence-corrected chi connectivity index (χ2v) is 2.50. The van der Waals surface area contributed by atoms with Gasteiger partial charge in [0.25, 0.3) is 0 Å². The first kappa shape index (κ1) is 13.1. The summed E-state index contributed by atoms with van der Waals surface area (Å²) in [6, 6.07) is 0. The number of carbonyl (C=O) groups is 1. The number of nitrogens with one attached hydrogen (secondary N) is 1. The Labute approximate surface area is 69.3 Å². The first-order chi connectivity index (χ1) is 5.16. The summed E-state index contributed by atoms with van der Waals surface area (Å²) in [7, 11) is 0. The van der Waals surface area contributed by atoms with Gasteiger partial charge in [0, 0.05) is 6.42 Å². The number of hydrogen-bond acceptors (Lipinski definition) is 2. The Bertz CT molecular complexity index is 92.1. The number of hydrogen-bond donors (Lipinski definition) is 2. The second kappa shape index (κ2) is 9.43. The van der Waals surface area contributed by atoms with Crippen LogP contribution in [-0.2, 0) is 4.79 Å². The number of hydrazine groups is 1. The van der Waals surface area contributed by atoms with Gasteiger partial charge in [-0.15, -0.1) is 0 Å². The lowest BCUT2D eigenvalue weighted by molar-refractivity contribution is -0.121. The van der Waals surface area contributed by atoms with Crippen LogP contribution < -0.4 is 11.3 Å². The minimum absolute atomic E-state index is 0.0799. The Morgan fingerprint density at radius 3 is 2.18 bits per heavy atom. The van der Waals surface area contributed by atoms with Crippen LogP contribution in [0.4, 0.5) is 0 Å². The quantitative estimate of drug-likeness (QED) is 0.373. The fourth-order valence-electron chi connectivity index (χ4n) is 0.492. The predicted octanol–water partition coefficient (Wildman–Crippen LogP) is 1.44. The minimum atomic E-state index is -0.0799. The lowest BCUT2D eigenvalue weighted by atomic mass is 10.1. The molecular weight excluding hydrogens is 140 g/mol. The van der Waals surface area contributed by atoms with Crippen molar-refractivity contribution < 1.29 is 4.79 Å². The van der Waals surface area contributed by atoms with E-state index in [4.69, 9.17) is 5.84 Å². The summed E-state index contributed by atoms with van der Waals surface area (Å²) in [6.07, 6.45) is 1.44. The zero-order valence-corrected chi connectivity index (χ0v) is 7.98. The van der Waals surface area contributed by atoms with E-state index >= 15 is 0 Å². The van der Waals surface area contributed by atoms with Crippen LogP contribution in [0.3, 0.4) is 0 Å². The van der Waals surface area contributed by atoms with E-state index in [1.165, 1.54) is 0 Å². The topological polar surface area (TPSA) is 55.1 Å². The molecule has 0 atom stereocenters. The Morgan fingerprint density at radius 1 is 1.45 bits per heavy atom. The van der Waals surface area contributed by atoms with Crippen molar-refractivity contribution in [2.24, 2.45) is 11.8 Å². The molecule has 1 amide bonds. The molecule has 0 aliphatic heterocycles. The van der Waals surface area contributed by atoms with Crippen molar-refractivity contribution in [3.05, 3.63) is 0 Å². The average Bonchev–Trinajstić information content (AvgIpc) is 2.04. The van der Waals surface area contributed by atoms with E-state index in [-0.39, 0.29) is 5.91 Å². The molecule has 0 unspecified atom stereocenters. The third-order valence-corrected chi connectivity index (χ3v) is 1.11. The van der Waals surface area contributed by atoms with Crippen LogP contribution in [0, 0.1) is 5.92 Å². The van der Waals surface area contributed by atoms with Gasteiger partial charge >= 0.3 is 0 Å². The van der Waals surface area contributed by atoms with E-state index in [1.54, 1.807) is 0 Å². The molecule has 0 aromatic rings. The van der Waals surface area contributed by atoms with Crippen LogP contribution in [0.1, 0.15) is 40.5 Å². The minimum Gasteiger partial charge on any atom is -0.294 e. The van der Waals surface area contributed by atoms with Crippen molar-refractivity contribution in [3.63, 3.8) is 0 Å². The number of rotatable bonds is 3. The van der Waals surface area contributed by atoms with Gasteiger partial charge in [0.1, 0.15) is 0 Å². The molecule has 3 nitrogen and oxygen atoms in total. The van der Waals surface area contributed by atoms with E-state index in [2.05, 4.69) is 19.3 Å². The van der Waals surface area contributed by atoms with Gasteiger partial charge in [-0.25, -0.2) is 5.84 Å². The Balaban J connectivity index is 0. The van der Waals surface area contributed by atoms with Crippen LogP contribution in [0.2, 0.25) is 0 Å². The van der Waals surface area contributed by atoms with E-state index < -0.39 is 0 Å². The molecule has 0 aliphatic rings. The molecule has 3 N–H and O–H groups in total. The third kappa shape index (κ3) is 12.6. The molecule has 0 spiro atoms. The molecule has 0 saturated heterocycles. The van der Waals surface area contributed by atoms with Gasteiger partial charge in [0.05, 0.1) is 0 Å². The highest BCUT2D eigenvalue weighted by molar-refractivity contribution is 5.75. The molecule has 11 heavy (non-hydrogen) atoms. The van der Waals surface area contributed by atoms with Crippen molar-refractivity contribution in [3.8, 4) is 0 Å². The zero-order chi connectivity index (χ0) is 9.28. The van der Waals surface area contributed by atoms with Gasteiger partial charge in [-0.3, -0.25) is 10.2 Å². The molecular formula is C8H20N2O. The monoisotopic (exact) mass is 160 g/mol. The lowest BCUT2D eigenvalue weighted by Gasteiger charge is -2.01. The highest BCUT2D eigenvalue weighted by Crippen LogP contribution is 2.01.